The molecule has 0 fully saturated rings. The van der Waals surface area contributed by atoms with E-state index < -0.39 is 0 Å². The topological polar surface area (TPSA) is 26.3 Å². The Morgan fingerprint density at radius 2 is 1.42 bits per heavy atom. The first-order chi connectivity index (χ1) is 8.24. The van der Waals surface area contributed by atoms with Gasteiger partial charge in [0.1, 0.15) is 6.29 Å². The standard InChI is InChI=1S/C9H18O.C8H18O/c1-8(2,3)6-9(4,5)7-10;1-7(2)6-8(3,4)9-5/h7H,6H2,1-5H3;7H,6H2,1-5H3. The maximum absolute atomic E-state index is 10.5. The summed E-state index contributed by atoms with van der Waals surface area (Å²) in [6, 6.07) is 0. The van der Waals surface area contributed by atoms with Gasteiger partial charge in [-0.3, -0.25) is 0 Å². The SMILES string of the molecule is CC(C)(C)CC(C)(C)C=O.COC(C)(C)CC(C)C. The largest absolute Gasteiger partial charge is 0.379 e. The third-order valence-electron chi connectivity index (χ3n) is 2.76. The van der Waals surface area contributed by atoms with E-state index in [1.54, 1.807) is 7.11 Å². The van der Waals surface area contributed by atoms with E-state index in [9.17, 15) is 4.79 Å². The molecule has 0 unspecified atom stereocenters. The summed E-state index contributed by atoms with van der Waals surface area (Å²) in [7, 11) is 1.77. The molecular formula is C17H36O2. The molecule has 0 atom stereocenters. The molecule has 0 aliphatic heterocycles. The molecule has 0 saturated carbocycles. The van der Waals surface area contributed by atoms with E-state index in [0.717, 1.165) is 25.0 Å². The Balaban J connectivity index is 0. The summed E-state index contributed by atoms with van der Waals surface area (Å²) in [5.41, 5.74) is 0.164. The number of hydrogen-bond donors (Lipinski definition) is 0. The average Bonchev–Trinajstić information content (AvgIpc) is 2.13. The lowest BCUT2D eigenvalue weighted by molar-refractivity contribution is -0.116. The van der Waals surface area contributed by atoms with Crippen LogP contribution < -0.4 is 0 Å². The Morgan fingerprint density at radius 1 is 1.00 bits per heavy atom. The van der Waals surface area contributed by atoms with Crippen LogP contribution in [0.25, 0.3) is 0 Å². The van der Waals surface area contributed by atoms with Gasteiger partial charge in [-0.1, -0.05) is 48.5 Å². The second-order valence-electron chi connectivity index (χ2n) is 8.41. The van der Waals surface area contributed by atoms with Gasteiger partial charge < -0.3 is 9.53 Å². The molecule has 19 heavy (non-hydrogen) atoms. The normalized spacial score (nSPS) is 13.0. The lowest BCUT2D eigenvalue weighted by Crippen LogP contribution is -2.24. The molecule has 0 rings (SSSR count). The highest BCUT2D eigenvalue weighted by Crippen LogP contribution is 2.30. The number of aldehydes is 1. The maximum Gasteiger partial charge on any atom is 0.125 e. The first-order valence-corrected chi connectivity index (χ1v) is 7.26. The van der Waals surface area contributed by atoms with Crippen LogP contribution in [0.3, 0.4) is 0 Å². The van der Waals surface area contributed by atoms with E-state index in [4.69, 9.17) is 4.74 Å². The number of hydrogen-bond acceptors (Lipinski definition) is 2. The Labute approximate surface area is 121 Å². The zero-order chi connectivity index (χ0) is 15.9. The maximum atomic E-state index is 10.5. The van der Waals surface area contributed by atoms with Crippen molar-refractivity contribution in [2.75, 3.05) is 7.11 Å². The highest BCUT2D eigenvalue weighted by Gasteiger charge is 2.24. The summed E-state index contributed by atoms with van der Waals surface area (Å²) in [5, 5.41) is 0. The van der Waals surface area contributed by atoms with Gasteiger partial charge >= 0.3 is 0 Å². The second-order valence-corrected chi connectivity index (χ2v) is 8.41. The summed E-state index contributed by atoms with van der Waals surface area (Å²) < 4.78 is 5.25. The van der Waals surface area contributed by atoms with Crippen molar-refractivity contribution in [2.24, 2.45) is 16.7 Å². The van der Waals surface area contributed by atoms with Crippen LogP contribution in [0.1, 0.15) is 75.2 Å². The fourth-order valence-electron chi connectivity index (χ4n) is 2.48. The van der Waals surface area contributed by atoms with Crippen molar-refractivity contribution < 1.29 is 9.53 Å². The van der Waals surface area contributed by atoms with Crippen LogP contribution >= 0.6 is 0 Å². The number of carbonyl (C=O) groups is 1. The molecule has 0 spiro atoms. The molecule has 0 aliphatic rings. The third kappa shape index (κ3) is 15.6. The van der Waals surface area contributed by atoms with Gasteiger partial charge in [-0.05, 0) is 38.0 Å². The molecule has 0 heterocycles. The molecule has 0 radical (unpaired) electrons. The van der Waals surface area contributed by atoms with Crippen molar-refractivity contribution in [1.29, 1.82) is 0 Å². The second kappa shape index (κ2) is 8.04. The average molecular weight is 272 g/mol. The number of rotatable bonds is 5. The van der Waals surface area contributed by atoms with E-state index in [-0.39, 0.29) is 16.4 Å². The molecule has 0 aliphatic carbocycles. The minimum absolute atomic E-state index is 0.0637. The van der Waals surface area contributed by atoms with Crippen molar-refractivity contribution in [3.8, 4) is 0 Å². The molecule has 0 saturated heterocycles. The van der Waals surface area contributed by atoms with Crippen LogP contribution in [0.15, 0.2) is 0 Å². The van der Waals surface area contributed by atoms with Crippen LogP contribution in [-0.2, 0) is 9.53 Å². The number of carbonyl (C=O) groups excluding carboxylic acids is 1. The zero-order valence-corrected chi connectivity index (χ0v) is 14.9. The van der Waals surface area contributed by atoms with Gasteiger partial charge in [-0.15, -0.1) is 0 Å². The third-order valence-corrected chi connectivity index (χ3v) is 2.76. The molecule has 116 valence electrons. The van der Waals surface area contributed by atoms with Gasteiger partial charge in [0, 0.05) is 12.5 Å². The molecule has 0 bridgehead atoms. The van der Waals surface area contributed by atoms with E-state index in [1.807, 2.05) is 13.8 Å². The smallest absolute Gasteiger partial charge is 0.125 e. The van der Waals surface area contributed by atoms with Gasteiger partial charge in [0.2, 0.25) is 0 Å². The predicted octanol–water partition coefficient (Wildman–Crippen LogP) is 5.11. The van der Waals surface area contributed by atoms with Gasteiger partial charge in [0.15, 0.2) is 0 Å². The van der Waals surface area contributed by atoms with Crippen LogP contribution in [0.2, 0.25) is 0 Å². The summed E-state index contributed by atoms with van der Waals surface area (Å²) in [6.45, 7) is 19.1. The molecule has 0 amide bonds. The van der Waals surface area contributed by atoms with E-state index in [0.29, 0.717) is 0 Å². The summed E-state index contributed by atoms with van der Waals surface area (Å²) in [4.78, 5) is 10.5. The van der Waals surface area contributed by atoms with Crippen molar-refractivity contribution in [1.82, 2.24) is 0 Å². The Hall–Kier alpha value is -0.370. The van der Waals surface area contributed by atoms with Gasteiger partial charge in [-0.25, -0.2) is 0 Å². The monoisotopic (exact) mass is 272 g/mol. The van der Waals surface area contributed by atoms with Crippen molar-refractivity contribution in [3.05, 3.63) is 0 Å². The molecule has 0 aromatic carbocycles. The molecule has 0 N–H and O–H groups in total. The van der Waals surface area contributed by atoms with Crippen molar-refractivity contribution in [3.63, 3.8) is 0 Å². The first-order valence-electron chi connectivity index (χ1n) is 7.26. The number of ether oxygens (including phenoxy) is 1. The predicted molar refractivity (Wildman–Crippen MR) is 84.5 cm³/mol. The minimum atomic E-state index is -0.155. The molecular weight excluding hydrogens is 236 g/mol. The van der Waals surface area contributed by atoms with Gasteiger partial charge in [-0.2, -0.15) is 0 Å². The quantitative estimate of drug-likeness (QED) is 0.650. The van der Waals surface area contributed by atoms with Gasteiger partial charge in [0.05, 0.1) is 5.60 Å². The minimum Gasteiger partial charge on any atom is -0.379 e. The van der Waals surface area contributed by atoms with Crippen molar-refractivity contribution >= 4 is 6.29 Å². The lowest BCUT2D eigenvalue weighted by Gasteiger charge is -2.27. The van der Waals surface area contributed by atoms with Crippen LogP contribution in [0, 0.1) is 16.7 Å². The van der Waals surface area contributed by atoms with E-state index in [1.165, 1.54) is 0 Å². The Morgan fingerprint density at radius 3 is 1.53 bits per heavy atom. The van der Waals surface area contributed by atoms with E-state index >= 15 is 0 Å². The van der Waals surface area contributed by atoms with Crippen molar-refractivity contribution in [2.45, 2.75) is 80.8 Å². The van der Waals surface area contributed by atoms with Crippen LogP contribution in [0.5, 0.6) is 0 Å². The van der Waals surface area contributed by atoms with Crippen LogP contribution in [-0.4, -0.2) is 19.0 Å². The zero-order valence-electron chi connectivity index (χ0n) is 14.9. The lowest BCUT2D eigenvalue weighted by atomic mass is 9.77. The first kappa shape index (κ1) is 20.9. The summed E-state index contributed by atoms with van der Waals surface area (Å²) in [6.07, 6.45) is 3.12. The van der Waals surface area contributed by atoms with Gasteiger partial charge in [0.25, 0.3) is 0 Å². The Kier molecular flexibility index (Phi) is 8.86. The molecule has 0 aromatic heterocycles. The molecule has 2 heteroatoms. The van der Waals surface area contributed by atoms with Crippen LogP contribution in [0.4, 0.5) is 0 Å². The fraction of sp³-hybridized carbons (Fsp3) is 0.941. The van der Waals surface area contributed by atoms with E-state index in [2.05, 4.69) is 48.5 Å². The Bertz CT molecular complexity index is 244. The fourth-order valence-corrected chi connectivity index (χ4v) is 2.48. The summed E-state index contributed by atoms with van der Waals surface area (Å²) in [5.74, 6) is 0.722. The highest BCUT2D eigenvalue weighted by atomic mass is 16.5. The highest BCUT2D eigenvalue weighted by molar-refractivity contribution is 5.57. The summed E-state index contributed by atoms with van der Waals surface area (Å²) >= 11 is 0. The number of methoxy groups -OCH3 is 1. The molecule has 0 aromatic rings. The molecule has 2 nitrogen and oxygen atoms in total.